The lowest BCUT2D eigenvalue weighted by atomic mass is 9.96. The molecule has 24 heteroatoms. The van der Waals surface area contributed by atoms with E-state index in [1.54, 1.807) is 58.2 Å². The highest BCUT2D eigenvalue weighted by atomic mass is 19.4. The Morgan fingerprint density at radius 3 is 1.98 bits per heavy atom. The van der Waals surface area contributed by atoms with Gasteiger partial charge in [-0.15, -0.1) is 0 Å². The van der Waals surface area contributed by atoms with Gasteiger partial charge in [0.1, 0.15) is 41.8 Å². The van der Waals surface area contributed by atoms with Gasteiger partial charge in [-0.1, -0.05) is 44.2 Å². The van der Waals surface area contributed by atoms with E-state index < -0.39 is 126 Å². The van der Waals surface area contributed by atoms with Gasteiger partial charge in [-0.05, 0) is 134 Å². The van der Waals surface area contributed by atoms with Crippen molar-refractivity contribution in [1.82, 2.24) is 41.8 Å². The molecule has 1 aliphatic rings. The number of nitrogens with zero attached hydrogens (tertiary/aromatic N) is 1. The summed E-state index contributed by atoms with van der Waals surface area (Å²) in [6.07, 6.45) is -8.62. The number of aromatic nitrogens is 1. The molecule has 6 atom stereocenters. The normalized spacial score (nSPS) is 15.6. The van der Waals surface area contributed by atoms with Crippen molar-refractivity contribution in [3.8, 4) is 5.75 Å². The molecule has 5 aromatic rings. The second-order valence-corrected chi connectivity index (χ2v) is 20.4. The van der Waals surface area contributed by atoms with Gasteiger partial charge in [-0.2, -0.15) is 26.3 Å². The minimum absolute atomic E-state index is 0.00656. The fourth-order valence-electron chi connectivity index (χ4n) is 9.52. The highest BCUT2D eigenvalue weighted by Gasteiger charge is 2.41. The highest BCUT2D eigenvalue weighted by Crippen LogP contribution is 2.36. The van der Waals surface area contributed by atoms with Crippen LogP contribution in [0.15, 0.2) is 85.1 Å². The van der Waals surface area contributed by atoms with E-state index in [0.29, 0.717) is 51.7 Å². The first-order chi connectivity index (χ1) is 37.6. The molecule has 0 spiro atoms. The van der Waals surface area contributed by atoms with Crippen LogP contribution in [0.2, 0.25) is 0 Å². The molecule has 1 fully saturated rings. The molecule has 2 heterocycles. The van der Waals surface area contributed by atoms with E-state index in [1.807, 2.05) is 0 Å². The smallest absolute Gasteiger partial charge is 0.416 e. The number of likely N-dealkylation sites (tertiary alicyclic amines) is 1. The number of rotatable bonds is 22. The number of para-hydroxylation sites is 1. The monoisotopic (exact) mass is 1120 g/mol. The molecule has 17 nitrogen and oxygen atoms in total. The van der Waals surface area contributed by atoms with Crippen LogP contribution < -0.4 is 37.6 Å². The zero-order valence-corrected chi connectivity index (χ0v) is 44.5. The second kappa shape index (κ2) is 26.3. The van der Waals surface area contributed by atoms with Crippen LogP contribution in [0.4, 0.5) is 30.7 Å². The van der Waals surface area contributed by atoms with Gasteiger partial charge in [0.05, 0.1) is 23.7 Å². The Morgan fingerprint density at radius 1 is 0.713 bits per heavy atom. The zero-order valence-electron chi connectivity index (χ0n) is 44.5. The van der Waals surface area contributed by atoms with Gasteiger partial charge in [-0.25, -0.2) is 4.39 Å². The lowest BCUT2D eigenvalue weighted by molar-refractivity contribution is -0.143. The zero-order chi connectivity index (χ0) is 58.8. The van der Waals surface area contributed by atoms with E-state index in [-0.39, 0.29) is 56.4 Å². The molecule has 80 heavy (non-hydrogen) atoms. The van der Waals surface area contributed by atoms with Gasteiger partial charge in [0.15, 0.2) is 0 Å². The fourth-order valence-corrected chi connectivity index (χ4v) is 9.52. The predicted octanol–water partition coefficient (Wildman–Crippen LogP) is 5.45. The van der Waals surface area contributed by atoms with Gasteiger partial charge in [0.25, 0.3) is 0 Å². The van der Waals surface area contributed by atoms with Crippen LogP contribution >= 0.6 is 0 Å². The average molecular weight is 1120 g/mol. The first kappa shape index (κ1) is 61.2. The molecule has 0 bridgehead atoms. The molecule has 0 unspecified atom stereocenters. The molecule has 1 saturated heterocycles. The number of aromatic hydroxyl groups is 1. The summed E-state index contributed by atoms with van der Waals surface area (Å²) in [6.45, 7) is 6.96. The number of carbonyl (C=O) groups excluding carboxylic acids is 7. The summed E-state index contributed by atoms with van der Waals surface area (Å²) >= 11 is 0. The number of benzene rings is 4. The second-order valence-electron chi connectivity index (χ2n) is 20.4. The fraction of sp³-hybridized carbons (Fsp3) is 0.411. The quantitative estimate of drug-likeness (QED) is 0.0399. The molecule has 6 rings (SSSR count). The number of H-pyrrole nitrogens is 1. The van der Waals surface area contributed by atoms with Crippen LogP contribution in [0.1, 0.15) is 84.5 Å². The minimum atomic E-state index is -5.15. The van der Waals surface area contributed by atoms with Gasteiger partial charge >= 0.3 is 12.4 Å². The molecule has 0 saturated carbocycles. The van der Waals surface area contributed by atoms with Crippen LogP contribution in [0.3, 0.4) is 0 Å². The topological polar surface area (TPSA) is 257 Å². The number of hydrogen-bond donors (Lipinski definition) is 9. The number of phenols is 1. The first-order valence-electron chi connectivity index (χ1n) is 25.8. The van der Waals surface area contributed by atoms with Crippen molar-refractivity contribution < 1.29 is 69.4 Å². The molecule has 0 radical (unpaired) electrons. The third kappa shape index (κ3) is 16.5. The lowest BCUT2D eigenvalue weighted by Gasteiger charge is -2.30. The van der Waals surface area contributed by atoms with Crippen molar-refractivity contribution in [3.63, 3.8) is 0 Å². The van der Waals surface area contributed by atoms with Crippen LogP contribution in [-0.4, -0.2) is 106 Å². The third-order valence-corrected chi connectivity index (χ3v) is 13.6. The molecule has 1 aliphatic heterocycles. The summed E-state index contributed by atoms with van der Waals surface area (Å²) in [5.41, 5.74) is 6.24. The summed E-state index contributed by atoms with van der Waals surface area (Å²) in [5, 5.41) is 25.8. The minimum Gasteiger partial charge on any atom is -0.508 e. The molecular weight excluding hydrogens is 1060 g/mol. The van der Waals surface area contributed by atoms with Crippen LogP contribution in [-0.2, 0) is 71.7 Å². The number of alkyl halides is 6. The summed E-state index contributed by atoms with van der Waals surface area (Å²) in [4.78, 5) is 101. The van der Waals surface area contributed by atoms with Crippen molar-refractivity contribution in [2.45, 2.75) is 128 Å². The summed E-state index contributed by atoms with van der Waals surface area (Å²) in [7, 11) is 0. The van der Waals surface area contributed by atoms with E-state index in [0.717, 1.165) is 17.7 Å². The van der Waals surface area contributed by atoms with Crippen molar-refractivity contribution in [1.29, 1.82) is 0 Å². The Bertz CT molecular complexity index is 3020. The van der Waals surface area contributed by atoms with Gasteiger partial charge in [0.2, 0.25) is 41.4 Å². The standard InChI is InChI=1S/C56H64F7N9O8/c1-29(2)17-44(52(78)70-45(23-35-27-65-43-10-7-6-9-40(35)43)51(77)66-26-34-20-36(55(58,59)60)24-37(21-34)56(61,62)63)71-53(79)47-11-8-16-72(47)54(80)46(22-33-12-14-38(57)15-13-33)69-48(74)28-67-49(75)32(5)68-50(76)42(64)25-41-30(3)18-39(73)19-31(41)4/h6-7,9-10,12-15,18-21,24,27,29,32,42,44-47,65,73H,8,11,16-17,22-23,25-26,28,64H2,1-5H3,(H,66,77)(H,67,75)(H,68,76)(H,69,74)(H,70,78)(H,71,79)/t32-,42+,44+,45+,46+,47+/m1/s1. The van der Waals surface area contributed by atoms with Crippen molar-refractivity contribution >= 4 is 52.3 Å². The lowest BCUT2D eigenvalue weighted by Crippen LogP contribution is -2.59. The molecule has 0 aliphatic carbocycles. The Balaban J connectivity index is 1.15. The van der Waals surface area contributed by atoms with E-state index in [1.165, 1.54) is 36.1 Å². The number of nitrogens with one attached hydrogen (secondary N) is 7. The number of halogens is 7. The Morgan fingerprint density at radius 2 is 1.35 bits per heavy atom. The SMILES string of the molecule is Cc1cc(O)cc(C)c1C[C@H](N)C(=O)N[C@H](C)C(=O)NCC(=O)N[C@@H](Cc1ccc(F)cc1)C(=O)N1CCC[C@H]1C(=O)N[C@@H](CC(C)C)C(=O)N[C@@H](Cc1c[nH]c2ccccc12)C(=O)NCc1cc(C(F)(F)F)cc(C(F)(F)F)c1. The highest BCUT2D eigenvalue weighted by molar-refractivity contribution is 5.97. The predicted molar refractivity (Wildman–Crippen MR) is 280 cm³/mol. The molecular formula is C56H64F7N9O8. The Labute approximate surface area is 456 Å². The number of aryl methyl sites for hydroxylation is 2. The van der Waals surface area contributed by atoms with Crippen molar-refractivity contribution in [2.24, 2.45) is 11.7 Å². The van der Waals surface area contributed by atoms with Crippen molar-refractivity contribution in [3.05, 3.63) is 135 Å². The number of fused-ring (bicyclic) bond motifs is 1. The van der Waals surface area contributed by atoms with Crippen LogP contribution in [0.25, 0.3) is 10.9 Å². The van der Waals surface area contributed by atoms with E-state index in [2.05, 4.69) is 36.9 Å². The molecule has 4 aromatic carbocycles. The summed E-state index contributed by atoms with van der Waals surface area (Å²) < 4.78 is 96.2. The number of phenolic OH excluding ortho intramolecular Hbond substituents is 1. The maximum atomic E-state index is 14.5. The Kier molecular flexibility index (Phi) is 20.1. The van der Waals surface area contributed by atoms with E-state index in [9.17, 15) is 69.4 Å². The third-order valence-electron chi connectivity index (χ3n) is 13.6. The maximum Gasteiger partial charge on any atom is 0.416 e. The molecule has 10 N–H and O–H groups in total. The van der Waals surface area contributed by atoms with Gasteiger partial charge in [0, 0.05) is 43.0 Å². The first-order valence-corrected chi connectivity index (χ1v) is 25.8. The number of aromatic amines is 1. The average Bonchev–Trinajstić information content (AvgIpc) is 4.07. The van der Waals surface area contributed by atoms with E-state index in [4.69, 9.17) is 5.73 Å². The summed E-state index contributed by atoms with van der Waals surface area (Å²) in [5.74, 6) is -6.40. The molecule has 430 valence electrons. The van der Waals surface area contributed by atoms with Crippen LogP contribution in [0.5, 0.6) is 5.75 Å². The number of carbonyl (C=O) groups is 7. The number of nitrogens with two attached hydrogens (primary N) is 1. The number of hydrogen-bond acceptors (Lipinski definition) is 9. The molecule has 7 amide bonds. The maximum absolute atomic E-state index is 14.5. The van der Waals surface area contributed by atoms with Crippen LogP contribution in [0, 0.1) is 25.6 Å². The largest absolute Gasteiger partial charge is 0.508 e. The Hall–Kier alpha value is -8.02. The van der Waals surface area contributed by atoms with E-state index >= 15 is 0 Å². The van der Waals surface area contributed by atoms with Gasteiger partial charge in [-0.3, -0.25) is 33.6 Å². The summed E-state index contributed by atoms with van der Waals surface area (Å²) in [6, 6.07) is 8.35. The van der Waals surface area contributed by atoms with Crippen molar-refractivity contribution in [2.75, 3.05) is 13.1 Å². The van der Waals surface area contributed by atoms with Gasteiger partial charge < -0.3 is 52.6 Å². The molecule has 1 aromatic heterocycles. The number of amides is 7.